The van der Waals surface area contributed by atoms with Gasteiger partial charge in [-0.1, -0.05) is 30.3 Å². The molecule has 8 nitrogen and oxygen atoms in total. The molecular weight excluding hydrogens is 452 g/mol. The van der Waals surface area contributed by atoms with Crippen molar-refractivity contribution in [3.63, 3.8) is 0 Å². The first kappa shape index (κ1) is 22.0. The largest absolute Gasteiger partial charge is 0.489 e. The second-order valence-corrected chi connectivity index (χ2v) is 9.15. The van der Waals surface area contributed by atoms with E-state index in [4.69, 9.17) is 9.94 Å². The number of aromatic nitrogens is 2. The zero-order valence-electron chi connectivity index (χ0n) is 18.3. The summed E-state index contributed by atoms with van der Waals surface area (Å²) in [5, 5.41) is 15.2. The fraction of sp³-hybridized carbons (Fsp3) is 0.200. The van der Waals surface area contributed by atoms with Crippen molar-refractivity contribution in [2.24, 2.45) is 5.92 Å². The first-order valence-corrected chi connectivity index (χ1v) is 11.6. The number of fused-ring (bicyclic) bond motifs is 1. The van der Waals surface area contributed by atoms with Crippen molar-refractivity contribution in [2.75, 3.05) is 5.32 Å². The molecule has 9 heteroatoms. The Morgan fingerprint density at radius 2 is 2.06 bits per heavy atom. The van der Waals surface area contributed by atoms with E-state index in [-0.39, 0.29) is 12.3 Å². The number of hydrogen-bond acceptors (Lipinski definition) is 7. The molecule has 3 N–H and O–H groups in total. The van der Waals surface area contributed by atoms with Crippen LogP contribution in [0.25, 0.3) is 10.9 Å². The van der Waals surface area contributed by atoms with Gasteiger partial charge in [-0.05, 0) is 43.2 Å². The lowest BCUT2D eigenvalue weighted by Crippen LogP contribution is -2.34. The van der Waals surface area contributed by atoms with E-state index in [1.807, 2.05) is 43.3 Å². The van der Waals surface area contributed by atoms with Gasteiger partial charge in [0.2, 0.25) is 11.8 Å². The zero-order chi connectivity index (χ0) is 23.7. The molecule has 4 aromatic rings. The van der Waals surface area contributed by atoms with Gasteiger partial charge < -0.3 is 10.1 Å². The van der Waals surface area contributed by atoms with Crippen LogP contribution in [0, 0.1) is 12.8 Å². The first-order valence-electron chi connectivity index (χ1n) is 10.7. The van der Waals surface area contributed by atoms with Crippen LogP contribution in [0.15, 0.2) is 66.2 Å². The van der Waals surface area contributed by atoms with Gasteiger partial charge in [0.05, 0.1) is 16.8 Å². The molecule has 1 aliphatic carbocycles. The SMILES string of the molecule is Cc1cc(COc2cccc(C3(C(=O)Nc4nccs4)CC3C(=O)NO)c2)c2ccccc2n1. The molecule has 2 atom stereocenters. The van der Waals surface area contributed by atoms with Gasteiger partial charge in [-0.25, -0.2) is 10.5 Å². The predicted octanol–water partition coefficient (Wildman–Crippen LogP) is 3.98. The number of nitrogens with zero attached hydrogens (tertiary/aromatic N) is 2. The summed E-state index contributed by atoms with van der Waals surface area (Å²) in [6, 6.07) is 17.1. The maximum atomic E-state index is 13.2. The summed E-state index contributed by atoms with van der Waals surface area (Å²) in [7, 11) is 0. The summed E-state index contributed by atoms with van der Waals surface area (Å²) in [6.07, 6.45) is 1.87. The number of benzene rings is 2. The van der Waals surface area contributed by atoms with Crippen molar-refractivity contribution >= 4 is 39.2 Å². The van der Waals surface area contributed by atoms with Crippen LogP contribution in [-0.2, 0) is 21.6 Å². The number of thiazole rings is 1. The van der Waals surface area contributed by atoms with Gasteiger partial charge in [0.25, 0.3) is 0 Å². The quantitative estimate of drug-likeness (QED) is 0.276. The van der Waals surface area contributed by atoms with Crippen LogP contribution in [-0.4, -0.2) is 27.0 Å². The number of anilines is 1. The lowest BCUT2D eigenvalue weighted by molar-refractivity contribution is -0.132. The van der Waals surface area contributed by atoms with E-state index in [1.54, 1.807) is 35.3 Å². The van der Waals surface area contributed by atoms with Gasteiger partial charge in [0.15, 0.2) is 5.13 Å². The Labute approximate surface area is 199 Å². The third-order valence-corrected chi connectivity index (χ3v) is 6.81. The summed E-state index contributed by atoms with van der Waals surface area (Å²) < 4.78 is 6.11. The second-order valence-electron chi connectivity index (χ2n) is 8.25. The molecule has 1 saturated carbocycles. The summed E-state index contributed by atoms with van der Waals surface area (Å²) in [6.45, 7) is 2.27. The molecule has 2 heterocycles. The summed E-state index contributed by atoms with van der Waals surface area (Å²) in [4.78, 5) is 34.1. The number of para-hydroxylation sites is 1. The van der Waals surface area contributed by atoms with Gasteiger partial charge in [-0.15, -0.1) is 11.3 Å². The number of pyridine rings is 1. The average molecular weight is 475 g/mol. The lowest BCUT2D eigenvalue weighted by atomic mass is 9.91. The van der Waals surface area contributed by atoms with Crippen molar-refractivity contribution in [1.29, 1.82) is 0 Å². The number of ether oxygens (including phenoxy) is 1. The third kappa shape index (κ3) is 4.00. The molecule has 1 fully saturated rings. The van der Waals surface area contributed by atoms with E-state index >= 15 is 0 Å². The zero-order valence-corrected chi connectivity index (χ0v) is 19.1. The summed E-state index contributed by atoms with van der Waals surface area (Å²) in [5.41, 5.74) is 4.02. The maximum absolute atomic E-state index is 13.2. The Hall–Kier alpha value is -3.82. The lowest BCUT2D eigenvalue weighted by Gasteiger charge is -2.18. The standard InChI is InChI=1S/C25H22N4O4S/c1-15-11-16(19-7-2-3-8-21(19)27-15)14-33-18-6-4-5-17(12-18)25(13-20(25)22(30)29-32)23(31)28-24-26-9-10-34-24/h2-12,20,32H,13-14H2,1H3,(H,29,30)(H,26,28,31). The minimum atomic E-state index is -1.11. The van der Waals surface area contributed by atoms with E-state index in [0.29, 0.717) is 23.1 Å². The summed E-state index contributed by atoms with van der Waals surface area (Å²) in [5.74, 6) is -1.06. The smallest absolute Gasteiger partial charge is 0.247 e. The first-order chi connectivity index (χ1) is 16.5. The monoisotopic (exact) mass is 474 g/mol. The molecule has 5 rings (SSSR count). The molecule has 1 aliphatic rings. The molecule has 0 bridgehead atoms. The number of aryl methyl sites for hydroxylation is 1. The van der Waals surface area contributed by atoms with Gasteiger partial charge in [0, 0.05) is 28.2 Å². The van der Waals surface area contributed by atoms with Gasteiger partial charge >= 0.3 is 0 Å². The Morgan fingerprint density at radius 1 is 1.21 bits per heavy atom. The van der Waals surface area contributed by atoms with Crippen LogP contribution >= 0.6 is 11.3 Å². The molecular formula is C25H22N4O4S. The van der Waals surface area contributed by atoms with Crippen molar-refractivity contribution in [3.05, 3.63) is 83.0 Å². The number of hydroxylamine groups is 1. The Balaban J connectivity index is 1.42. The molecule has 2 aromatic heterocycles. The highest BCUT2D eigenvalue weighted by Gasteiger charge is 2.64. The molecule has 2 unspecified atom stereocenters. The van der Waals surface area contributed by atoms with Crippen LogP contribution in [0.3, 0.4) is 0 Å². The highest BCUT2D eigenvalue weighted by atomic mass is 32.1. The van der Waals surface area contributed by atoms with Gasteiger partial charge in [-0.3, -0.25) is 19.8 Å². The van der Waals surface area contributed by atoms with E-state index < -0.39 is 17.2 Å². The van der Waals surface area contributed by atoms with Crippen LogP contribution < -0.4 is 15.5 Å². The number of rotatable bonds is 7. The highest BCUT2D eigenvalue weighted by molar-refractivity contribution is 7.13. The fourth-order valence-electron chi connectivity index (χ4n) is 4.39. The molecule has 0 radical (unpaired) electrons. The molecule has 34 heavy (non-hydrogen) atoms. The minimum absolute atomic E-state index is 0.272. The van der Waals surface area contributed by atoms with Crippen molar-refractivity contribution in [3.8, 4) is 5.75 Å². The average Bonchev–Trinajstić information content (AvgIpc) is 3.42. The molecule has 2 aromatic carbocycles. The highest BCUT2D eigenvalue weighted by Crippen LogP contribution is 2.55. The van der Waals surface area contributed by atoms with E-state index in [0.717, 1.165) is 22.2 Å². The Bertz CT molecular complexity index is 1370. The predicted molar refractivity (Wildman–Crippen MR) is 128 cm³/mol. The van der Waals surface area contributed by atoms with Crippen LogP contribution in [0.1, 0.15) is 23.2 Å². The van der Waals surface area contributed by atoms with Crippen LogP contribution in [0.2, 0.25) is 0 Å². The number of carbonyl (C=O) groups excluding carboxylic acids is 2. The molecule has 0 aliphatic heterocycles. The number of carbonyl (C=O) groups is 2. The topological polar surface area (TPSA) is 113 Å². The van der Waals surface area contributed by atoms with E-state index in [9.17, 15) is 9.59 Å². The number of nitrogens with one attached hydrogen (secondary N) is 2. The normalized spacial score (nSPS) is 18.9. The maximum Gasteiger partial charge on any atom is 0.247 e. The Morgan fingerprint density at radius 3 is 2.85 bits per heavy atom. The molecule has 0 saturated heterocycles. The van der Waals surface area contributed by atoms with Crippen molar-refractivity contribution in [2.45, 2.75) is 25.4 Å². The minimum Gasteiger partial charge on any atom is -0.489 e. The van der Waals surface area contributed by atoms with Crippen LogP contribution in [0.5, 0.6) is 5.75 Å². The fourth-order valence-corrected chi connectivity index (χ4v) is 4.92. The number of hydrogen-bond donors (Lipinski definition) is 3. The van der Waals surface area contributed by atoms with Crippen molar-refractivity contribution in [1.82, 2.24) is 15.4 Å². The molecule has 0 spiro atoms. The van der Waals surface area contributed by atoms with Crippen molar-refractivity contribution < 1.29 is 19.5 Å². The number of amides is 2. The van der Waals surface area contributed by atoms with Gasteiger partial charge in [-0.2, -0.15) is 0 Å². The molecule has 172 valence electrons. The molecule has 2 amide bonds. The van der Waals surface area contributed by atoms with E-state index in [1.165, 1.54) is 11.3 Å². The van der Waals surface area contributed by atoms with Crippen LogP contribution in [0.4, 0.5) is 5.13 Å². The van der Waals surface area contributed by atoms with E-state index in [2.05, 4.69) is 15.3 Å². The Kier molecular flexibility index (Phi) is 5.72. The van der Waals surface area contributed by atoms with Gasteiger partial charge in [0.1, 0.15) is 12.4 Å². The second kappa shape index (κ2) is 8.85. The third-order valence-electron chi connectivity index (χ3n) is 6.12. The summed E-state index contributed by atoms with van der Waals surface area (Å²) >= 11 is 1.29.